The first kappa shape index (κ1) is 10.2. The summed E-state index contributed by atoms with van der Waals surface area (Å²) in [6, 6.07) is 1.95. The van der Waals surface area contributed by atoms with Crippen LogP contribution in [0.4, 0.5) is 0 Å². The van der Waals surface area contributed by atoms with E-state index < -0.39 is 0 Å². The molecular formula is C9H17N3O. The maximum absolute atomic E-state index is 4.94. The Hall–Kier alpha value is -0.870. The Kier molecular flexibility index (Phi) is 4.49. The number of hydrogen-bond acceptors (Lipinski definition) is 4. The molecule has 13 heavy (non-hydrogen) atoms. The predicted molar refractivity (Wildman–Crippen MR) is 51.5 cm³/mol. The lowest BCUT2D eigenvalue weighted by molar-refractivity contribution is 0.388. The van der Waals surface area contributed by atoms with Gasteiger partial charge in [-0.05, 0) is 33.5 Å². The number of nitrogens with zero attached hydrogens (tertiary/aromatic N) is 1. The van der Waals surface area contributed by atoms with Crippen molar-refractivity contribution in [3.8, 4) is 0 Å². The molecule has 0 bridgehead atoms. The summed E-state index contributed by atoms with van der Waals surface area (Å²) in [5, 5.41) is 10.3. The third-order valence-corrected chi connectivity index (χ3v) is 1.76. The molecule has 0 saturated carbocycles. The molecule has 0 amide bonds. The number of aryl methyl sites for hydroxylation is 1. The van der Waals surface area contributed by atoms with Gasteiger partial charge in [-0.1, -0.05) is 5.16 Å². The summed E-state index contributed by atoms with van der Waals surface area (Å²) in [4.78, 5) is 0. The van der Waals surface area contributed by atoms with E-state index in [9.17, 15) is 0 Å². The molecule has 0 radical (unpaired) electrons. The highest BCUT2D eigenvalue weighted by Gasteiger charge is 1.97. The van der Waals surface area contributed by atoms with Crippen LogP contribution in [0.3, 0.4) is 0 Å². The van der Waals surface area contributed by atoms with Gasteiger partial charge in [0.2, 0.25) is 0 Å². The SMILES string of the molecule is CNCCCNCc1cc(C)on1. The second-order valence-electron chi connectivity index (χ2n) is 3.06. The molecule has 1 rings (SSSR count). The van der Waals surface area contributed by atoms with Crippen LogP contribution in [0, 0.1) is 6.92 Å². The van der Waals surface area contributed by atoms with Gasteiger partial charge in [-0.15, -0.1) is 0 Å². The first-order chi connectivity index (χ1) is 6.33. The maximum atomic E-state index is 4.94. The molecule has 0 spiro atoms. The highest BCUT2D eigenvalue weighted by Crippen LogP contribution is 2.00. The fraction of sp³-hybridized carbons (Fsp3) is 0.667. The zero-order valence-electron chi connectivity index (χ0n) is 8.26. The summed E-state index contributed by atoms with van der Waals surface area (Å²) >= 11 is 0. The van der Waals surface area contributed by atoms with Gasteiger partial charge >= 0.3 is 0 Å². The monoisotopic (exact) mass is 183 g/mol. The van der Waals surface area contributed by atoms with E-state index in [1.807, 2.05) is 20.0 Å². The number of rotatable bonds is 6. The minimum atomic E-state index is 0.793. The second kappa shape index (κ2) is 5.72. The number of aromatic nitrogens is 1. The topological polar surface area (TPSA) is 50.1 Å². The van der Waals surface area contributed by atoms with Gasteiger partial charge in [0.05, 0.1) is 5.69 Å². The Bertz CT molecular complexity index is 235. The molecule has 0 aromatic carbocycles. The van der Waals surface area contributed by atoms with Crippen molar-refractivity contribution in [2.24, 2.45) is 0 Å². The van der Waals surface area contributed by atoms with Gasteiger partial charge in [-0.2, -0.15) is 0 Å². The van der Waals surface area contributed by atoms with Gasteiger partial charge in [0.1, 0.15) is 5.76 Å². The fourth-order valence-electron chi connectivity index (χ4n) is 1.11. The quantitative estimate of drug-likeness (QED) is 0.637. The highest BCUT2D eigenvalue weighted by atomic mass is 16.5. The van der Waals surface area contributed by atoms with Gasteiger partial charge in [-0.3, -0.25) is 0 Å². The van der Waals surface area contributed by atoms with Crippen molar-refractivity contribution in [2.45, 2.75) is 19.9 Å². The third-order valence-electron chi connectivity index (χ3n) is 1.76. The molecule has 0 saturated heterocycles. The molecule has 0 fully saturated rings. The summed E-state index contributed by atoms with van der Waals surface area (Å²) in [6.07, 6.45) is 1.13. The van der Waals surface area contributed by atoms with E-state index in [4.69, 9.17) is 4.52 Å². The van der Waals surface area contributed by atoms with Crippen LogP contribution in [0.1, 0.15) is 17.9 Å². The van der Waals surface area contributed by atoms with Crippen LogP contribution in [0.25, 0.3) is 0 Å². The van der Waals surface area contributed by atoms with Crippen molar-refractivity contribution in [1.29, 1.82) is 0 Å². The molecule has 0 aliphatic carbocycles. The van der Waals surface area contributed by atoms with Crippen LogP contribution in [-0.2, 0) is 6.54 Å². The molecule has 4 nitrogen and oxygen atoms in total. The third kappa shape index (κ3) is 4.05. The van der Waals surface area contributed by atoms with Crippen molar-refractivity contribution in [2.75, 3.05) is 20.1 Å². The average molecular weight is 183 g/mol. The molecule has 4 heteroatoms. The Morgan fingerprint density at radius 3 is 2.92 bits per heavy atom. The van der Waals surface area contributed by atoms with Gasteiger partial charge in [0.15, 0.2) is 0 Å². The van der Waals surface area contributed by atoms with Crippen LogP contribution in [0.5, 0.6) is 0 Å². The van der Waals surface area contributed by atoms with Gasteiger partial charge < -0.3 is 15.2 Å². The zero-order chi connectivity index (χ0) is 9.52. The molecule has 1 aromatic heterocycles. The van der Waals surface area contributed by atoms with Crippen molar-refractivity contribution in [1.82, 2.24) is 15.8 Å². The predicted octanol–water partition coefficient (Wildman–Crippen LogP) is 0.682. The second-order valence-corrected chi connectivity index (χ2v) is 3.06. The number of nitrogens with one attached hydrogen (secondary N) is 2. The first-order valence-corrected chi connectivity index (χ1v) is 4.60. The average Bonchev–Trinajstić information content (AvgIpc) is 2.51. The van der Waals surface area contributed by atoms with Gasteiger partial charge in [-0.25, -0.2) is 0 Å². The Morgan fingerprint density at radius 2 is 2.31 bits per heavy atom. The summed E-state index contributed by atoms with van der Waals surface area (Å²) in [6.45, 7) is 4.75. The molecular weight excluding hydrogens is 166 g/mol. The van der Waals surface area contributed by atoms with E-state index in [0.29, 0.717) is 0 Å². The largest absolute Gasteiger partial charge is 0.361 e. The zero-order valence-corrected chi connectivity index (χ0v) is 8.26. The lowest BCUT2D eigenvalue weighted by Gasteiger charge is -2.00. The molecule has 1 aromatic rings. The summed E-state index contributed by atoms with van der Waals surface area (Å²) in [7, 11) is 1.96. The van der Waals surface area contributed by atoms with E-state index in [0.717, 1.165) is 37.5 Å². The molecule has 74 valence electrons. The minimum absolute atomic E-state index is 0.793. The van der Waals surface area contributed by atoms with Gasteiger partial charge in [0, 0.05) is 12.6 Å². The van der Waals surface area contributed by atoms with Crippen molar-refractivity contribution in [3.05, 3.63) is 17.5 Å². The molecule has 0 aliphatic heterocycles. The van der Waals surface area contributed by atoms with E-state index in [-0.39, 0.29) is 0 Å². The first-order valence-electron chi connectivity index (χ1n) is 4.60. The minimum Gasteiger partial charge on any atom is -0.361 e. The van der Waals surface area contributed by atoms with Crippen LogP contribution in [0.2, 0.25) is 0 Å². The fourth-order valence-corrected chi connectivity index (χ4v) is 1.11. The maximum Gasteiger partial charge on any atom is 0.133 e. The van der Waals surface area contributed by atoms with Crippen molar-refractivity contribution < 1.29 is 4.52 Å². The molecule has 2 N–H and O–H groups in total. The molecule has 0 atom stereocenters. The molecule has 0 aliphatic rings. The standard InChI is InChI=1S/C9H17N3O/c1-8-6-9(12-13-8)7-11-5-3-4-10-2/h6,10-11H,3-5,7H2,1-2H3. The normalized spacial score (nSPS) is 10.6. The van der Waals surface area contributed by atoms with Crippen molar-refractivity contribution >= 4 is 0 Å². The van der Waals surface area contributed by atoms with E-state index in [2.05, 4.69) is 15.8 Å². The Balaban J connectivity index is 2.06. The Labute approximate surface area is 78.7 Å². The van der Waals surface area contributed by atoms with E-state index in [1.54, 1.807) is 0 Å². The number of hydrogen-bond donors (Lipinski definition) is 2. The van der Waals surface area contributed by atoms with E-state index >= 15 is 0 Å². The summed E-state index contributed by atoms with van der Waals surface area (Å²) in [5.74, 6) is 0.868. The van der Waals surface area contributed by atoms with Crippen LogP contribution in [-0.4, -0.2) is 25.3 Å². The lowest BCUT2D eigenvalue weighted by atomic mass is 10.3. The smallest absolute Gasteiger partial charge is 0.133 e. The summed E-state index contributed by atoms with van der Waals surface area (Å²) in [5.41, 5.74) is 0.974. The van der Waals surface area contributed by atoms with Gasteiger partial charge in [0.25, 0.3) is 0 Å². The molecule has 1 heterocycles. The lowest BCUT2D eigenvalue weighted by Crippen LogP contribution is -2.19. The molecule has 0 unspecified atom stereocenters. The highest BCUT2D eigenvalue weighted by molar-refractivity contribution is 5.02. The summed E-state index contributed by atoms with van der Waals surface area (Å²) < 4.78 is 4.94. The van der Waals surface area contributed by atoms with Crippen LogP contribution >= 0.6 is 0 Å². The van der Waals surface area contributed by atoms with Crippen LogP contribution < -0.4 is 10.6 Å². The Morgan fingerprint density at radius 1 is 1.46 bits per heavy atom. The van der Waals surface area contributed by atoms with Crippen LogP contribution in [0.15, 0.2) is 10.6 Å². The van der Waals surface area contributed by atoms with Crippen molar-refractivity contribution in [3.63, 3.8) is 0 Å². The van der Waals surface area contributed by atoms with E-state index in [1.165, 1.54) is 0 Å².